The number of azide groups is 1. The van der Waals surface area contributed by atoms with E-state index in [-0.39, 0.29) is 6.42 Å². The maximum Gasteiger partial charge on any atom is 0.500 e. The van der Waals surface area contributed by atoms with Gasteiger partial charge < -0.3 is 13.3 Å². The van der Waals surface area contributed by atoms with Crippen molar-refractivity contribution in [2.45, 2.75) is 18.9 Å². The van der Waals surface area contributed by atoms with Crippen molar-refractivity contribution in [3.63, 3.8) is 0 Å². The van der Waals surface area contributed by atoms with Crippen molar-refractivity contribution in [1.82, 2.24) is 0 Å². The van der Waals surface area contributed by atoms with Crippen LogP contribution in [-0.4, -0.2) is 36.0 Å². The first-order valence-corrected chi connectivity index (χ1v) is 6.30. The van der Waals surface area contributed by atoms with E-state index in [1.807, 2.05) is 0 Å². The summed E-state index contributed by atoms with van der Waals surface area (Å²) < 4.78 is 15.5. The van der Waals surface area contributed by atoms with E-state index in [0.717, 1.165) is 0 Å². The molecule has 0 aliphatic carbocycles. The molecule has 0 spiro atoms. The lowest BCUT2D eigenvalue weighted by Gasteiger charge is -2.23. The molecule has 0 saturated carbocycles. The van der Waals surface area contributed by atoms with Gasteiger partial charge in [0.1, 0.15) is 0 Å². The Bertz CT molecular complexity index is 242. The zero-order chi connectivity index (χ0) is 11.7. The van der Waals surface area contributed by atoms with Crippen molar-refractivity contribution in [3.05, 3.63) is 10.4 Å². The van der Waals surface area contributed by atoms with Gasteiger partial charge in [0.05, 0.1) is 0 Å². The second kappa shape index (κ2) is 7.38. The first-order valence-electron chi connectivity index (χ1n) is 4.37. The van der Waals surface area contributed by atoms with Crippen LogP contribution in [0.5, 0.6) is 0 Å². The Labute approximate surface area is 89.3 Å². The molecule has 86 valence electrons. The quantitative estimate of drug-likeness (QED) is 0.288. The molecule has 0 atom stereocenters. The summed E-state index contributed by atoms with van der Waals surface area (Å²) in [4.78, 5) is 13.3. The molecule has 15 heavy (non-hydrogen) atoms. The van der Waals surface area contributed by atoms with Gasteiger partial charge in [-0.1, -0.05) is 0 Å². The predicted octanol–water partition coefficient (Wildman–Crippen LogP) is 1.48. The molecule has 0 saturated heterocycles. The molecule has 0 bridgehead atoms. The third kappa shape index (κ3) is 4.91. The summed E-state index contributed by atoms with van der Waals surface area (Å²) in [5.74, 6) is -0.483. The fourth-order valence-electron chi connectivity index (χ4n) is 1.11. The molecular formula is C7H15N3O4Si. The zero-order valence-electron chi connectivity index (χ0n) is 9.10. The molecule has 0 radical (unpaired) electrons. The Kier molecular flexibility index (Phi) is 6.93. The van der Waals surface area contributed by atoms with Crippen LogP contribution in [0.4, 0.5) is 0 Å². The van der Waals surface area contributed by atoms with Crippen molar-refractivity contribution in [3.8, 4) is 0 Å². The van der Waals surface area contributed by atoms with E-state index >= 15 is 0 Å². The van der Waals surface area contributed by atoms with Crippen molar-refractivity contribution < 1.29 is 18.1 Å². The van der Waals surface area contributed by atoms with Gasteiger partial charge in [-0.2, -0.15) is 0 Å². The molecule has 0 rings (SSSR count). The van der Waals surface area contributed by atoms with Crippen LogP contribution >= 0.6 is 0 Å². The number of carbonyl (C=O) groups excluding carboxylic acids is 1. The van der Waals surface area contributed by atoms with Gasteiger partial charge in [-0.05, 0) is 17.1 Å². The Morgan fingerprint density at radius 2 is 1.87 bits per heavy atom. The highest BCUT2D eigenvalue weighted by molar-refractivity contribution is 6.60. The lowest BCUT2D eigenvalue weighted by molar-refractivity contribution is -0.118. The number of carbonyl (C=O) groups is 1. The predicted molar refractivity (Wildman–Crippen MR) is 55.0 cm³/mol. The minimum atomic E-state index is -2.59. The summed E-state index contributed by atoms with van der Waals surface area (Å²) >= 11 is 0. The van der Waals surface area contributed by atoms with E-state index < -0.39 is 14.7 Å². The highest BCUT2D eigenvalue weighted by atomic mass is 28.4. The van der Waals surface area contributed by atoms with Crippen LogP contribution < -0.4 is 0 Å². The molecule has 0 aromatic rings. The van der Waals surface area contributed by atoms with Crippen LogP contribution in [0.3, 0.4) is 0 Å². The summed E-state index contributed by atoms with van der Waals surface area (Å²) in [6.45, 7) is 0. The van der Waals surface area contributed by atoms with Crippen molar-refractivity contribution in [2.75, 3.05) is 21.3 Å². The number of amides is 1. The molecule has 8 heteroatoms. The van der Waals surface area contributed by atoms with Gasteiger partial charge in [-0.15, -0.1) is 0 Å². The Morgan fingerprint density at radius 3 is 2.27 bits per heavy atom. The summed E-state index contributed by atoms with van der Waals surface area (Å²) in [6.07, 6.45) is 0.689. The number of nitrogens with zero attached hydrogens (tertiary/aromatic N) is 3. The van der Waals surface area contributed by atoms with E-state index in [1.54, 1.807) is 0 Å². The van der Waals surface area contributed by atoms with Crippen molar-refractivity contribution >= 4 is 14.7 Å². The van der Waals surface area contributed by atoms with Crippen molar-refractivity contribution in [1.29, 1.82) is 0 Å². The molecule has 0 unspecified atom stereocenters. The second-order valence-corrected chi connectivity index (χ2v) is 5.82. The fraction of sp³-hybridized carbons (Fsp3) is 0.857. The standard InChI is InChI=1S/C7H15N3O4Si/c1-12-15(13-2,14-3)6-4-5-7(11)9-10-8/h4-6H2,1-3H3. The number of hydrogen-bond donors (Lipinski definition) is 0. The molecule has 0 aliphatic heterocycles. The smallest absolute Gasteiger partial charge is 0.377 e. The summed E-state index contributed by atoms with van der Waals surface area (Å²) in [7, 11) is 1.93. The molecular weight excluding hydrogens is 218 g/mol. The van der Waals surface area contributed by atoms with E-state index in [9.17, 15) is 4.79 Å². The van der Waals surface area contributed by atoms with Crippen molar-refractivity contribution in [2.24, 2.45) is 5.11 Å². The van der Waals surface area contributed by atoms with E-state index in [2.05, 4.69) is 10.0 Å². The van der Waals surface area contributed by atoms with Crippen LogP contribution in [0.15, 0.2) is 5.11 Å². The van der Waals surface area contributed by atoms with Gasteiger partial charge in [0.2, 0.25) is 5.91 Å². The fourth-order valence-corrected chi connectivity index (χ4v) is 2.83. The first-order chi connectivity index (χ1) is 7.14. The molecule has 0 aliphatic rings. The van der Waals surface area contributed by atoms with E-state index in [0.29, 0.717) is 12.5 Å². The first kappa shape index (κ1) is 14.1. The van der Waals surface area contributed by atoms with E-state index in [4.69, 9.17) is 18.8 Å². The maximum atomic E-state index is 10.9. The lowest BCUT2D eigenvalue weighted by Crippen LogP contribution is -2.42. The Hall–Kier alpha value is -0.923. The van der Waals surface area contributed by atoms with Gasteiger partial charge in [0.15, 0.2) is 0 Å². The molecule has 0 heterocycles. The summed E-state index contributed by atoms with van der Waals surface area (Å²) in [5, 5.41) is 2.96. The minimum Gasteiger partial charge on any atom is -0.377 e. The minimum absolute atomic E-state index is 0.175. The third-order valence-corrected chi connectivity index (χ3v) is 4.79. The Balaban J connectivity index is 4.01. The van der Waals surface area contributed by atoms with Gasteiger partial charge in [0.25, 0.3) is 0 Å². The van der Waals surface area contributed by atoms with Crippen LogP contribution in [-0.2, 0) is 18.1 Å². The SMILES string of the molecule is CO[Si](CCCC(=O)N=[N+]=[N-])(OC)OC. The average molecular weight is 233 g/mol. The largest absolute Gasteiger partial charge is 0.500 e. The number of hydrogen-bond acceptors (Lipinski definition) is 4. The monoisotopic (exact) mass is 233 g/mol. The molecule has 0 aromatic carbocycles. The van der Waals surface area contributed by atoms with Crippen LogP contribution in [0, 0.1) is 0 Å². The zero-order valence-corrected chi connectivity index (χ0v) is 10.1. The van der Waals surface area contributed by atoms with Crippen LogP contribution in [0.1, 0.15) is 12.8 Å². The van der Waals surface area contributed by atoms with Crippen LogP contribution in [0.25, 0.3) is 10.4 Å². The van der Waals surface area contributed by atoms with E-state index in [1.165, 1.54) is 21.3 Å². The van der Waals surface area contributed by atoms with Gasteiger partial charge in [-0.25, -0.2) is 0 Å². The highest BCUT2D eigenvalue weighted by Gasteiger charge is 2.36. The Morgan fingerprint density at radius 1 is 1.33 bits per heavy atom. The molecule has 0 N–H and O–H groups in total. The molecule has 0 fully saturated rings. The molecule has 0 aromatic heterocycles. The summed E-state index contributed by atoms with van der Waals surface area (Å²) in [6, 6.07) is 0.517. The summed E-state index contributed by atoms with van der Waals surface area (Å²) in [5.41, 5.74) is 8.01. The number of rotatable bonds is 7. The average Bonchev–Trinajstić information content (AvgIpc) is 2.25. The van der Waals surface area contributed by atoms with Crippen LogP contribution in [0.2, 0.25) is 6.04 Å². The normalized spacial score (nSPS) is 10.9. The van der Waals surface area contributed by atoms with Gasteiger partial charge in [0, 0.05) is 38.7 Å². The van der Waals surface area contributed by atoms with Gasteiger partial charge in [-0.3, -0.25) is 4.79 Å². The third-order valence-electron chi connectivity index (χ3n) is 1.96. The topological polar surface area (TPSA) is 93.5 Å². The molecule has 7 nitrogen and oxygen atoms in total. The maximum absolute atomic E-state index is 10.9. The molecule has 1 amide bonds. The van der Waals surface area contributed by atoms with Gasteiger partial charge >= 0.3 is 8.80 Å². The second-order valence-electron chi connectivity index (χ2n) is 2.73. The highest BCUT2D eigenvalue weighted by Crippen LogP contribution is 2.16. The lowest BCUT2D eigenvalue weighted by atomic mass is 10.3.